The van der Waals surface area contributed by atoms with Gasteiger partial charge in [-0.05, 0) is 37.8 Å². The van der Waals surface area contributed by atoms with Crippen LogP contribution in [0.4, 0.5) is 4.79 Å². The second-order valence-corrected chi connectivity index (χ2v) is 9.53. The van der Waals surface area contributed by atoms with Crippen LogP contribution in [0, 0.1) is 6.92 Å². The van der Waals surface area contributed by atoms with Gasteiger partial charge in [0.2, 0.25) is 0 Å². The molecule has 0 spiro atoms. The minimum atomic E-state index is -3.49. The molecule has 0 N–H and O–H groups in total. The maximum atomic E-state index is 13.0. The highest BCUT2D eigenvalue weighted by atomic mass is 32.2. The molecule has 0 saturated carbocycles. The molecule has 7 heteroatoms. The van der Waals surface area contributed by atoms with Crippen LogP contribution in [0.1, 0.15) is 48.9 Å². The van der Waals surface area contributed by atoms with Crippen molar-refractivity contribution in [3.63, 3.8) is 0 Å². The molecule has 0 radical (unpaired) electrons. The Morgan fingerprint density at radius 2 is 1.80 bits per heavy atom. The number of cyclic esters (lactones) is 1. The first kappa shape index (κ1) is 22.3. The summed E-state index contributed by atoms with van der Waals surface area (Å²) in [5.74, 6) is 0. The smallest absolute Gasteiger partial charge is 0.411 e. The Hall–Kier alpha value is -2.38. The normalized spacial score (nSPS) is 20.6. The lowest BCUT2D eigenvalue weighted by Gasteiger charge is -2.43. The number of hydrogen-bond acceptors (Lipinski definition) is 5. The molecular formula is C23H29NO5S. The maximum absolute atomic E-state index is 13.0. The lowest BCUT2D eigenvalue weighted by molar-refractivity contribution is -0.0676. The van der Waals surface area contributed by atoms with Gasteiger partial charge in [0.1, 0.15) is 5.60 Å². The lowest BCUT2D eigenvalue weighted by atomic mass is 9.84. The summed E-state index contributed by atoms with van der Waals surface area (Å²) in [5, 5.41) is 0. The molecule has 2 unspecified atom stereocenters. The Morgan fingerprint density at radius 3 is 2.40 bits per heavy atom. The number of carbonyl (C=O) groups is 1. The van der Waals surface area contributed by atoms with Gasteiger partial charge in [-0.15, -0.1) is 0 Å². The topological polar surface area (TPSA) is 72.9 Å². The molecule has 6 nitrogen and oxygen atoms in total. The van der Waals surface area contributed by atoms with Crippen LogP contribution in [-0.2, 0) is 24.6 Å². The molecule has 0 bridgehead atoms. The Bertz CT molecular complexity index is 959. The van der Waals surface area contributed by atoms with Crippen molar-refractivity contribution in [1.29, 1.82) is 0 Å². The Labute approximate surface area is 178 Å². The van der Waals surface area contributed by atoms with E-state index in [2.05, 4.69) is 0 Å². The van der Waals surface area contributed by atoms with Crippen molar-refractivity contribution in [3.05, 3.63) is 71.3 Å². The van der Waals surface area contributed by atoms with Gasteiger partial charge in [0.05, 0.1) is 18.9 Å². The fourth-order valence-corrected chi connectivity index (χ4v) is 4.30. The predicted octanol–water partition coefficient (Wildman–Crippen LogP) is 4.55. The second-order valence-electron chi connectivity index (χ2n) is 7.89. The number of amides is 1. The van der Waals surface area contributed by atoms with Crippen molar-refractivity contribution in [2.75, 3.05) is 19.4 Å². The van der Waals surface area contributed by atoms with Gasteiger partial charge >= 0.3 is 6.09 Å². The Kier molecular flexibility index (Phi) is 6.83. The minimum Gasteiger partial charge on any atom is -0.438 e. The number of aryl methyl sites for hydroxylation is 1. The highest BCUT2D eigenvalue weighted by Crippen LogP contribution is 2.40. The van der Waals surface area contributed by atoms with Gasteiger partial charge in [-0.25, -0.2) is 4.79 Å². The Morgan fingerprint density at radius 1 is 1.13 bits per heavy atom. The molecule has 1 fully saturated rings. The lowest BCUT2D eigenvalue weighted by Crippen LogP contribution is -2.48. The molecule has 2 atom stereocenters. The van der Waals surface area contributed by atoms with Crippen LogP contribution >= 0.6 is 0 Å². The quantitative estimate of drug-likeness (QED) is 0.453. The van der Waals surface area contributed by atoms with E-state index in [0.717, 1.165) is 17.4 Å². The van der Waals surface area contributed by atoms with Crippen molar-refractivity contribution in [1.82, 2.24) is 4.90 Å². The number of benzene rings is 2. The molecule has 2 aromatic rings. The maximum Gasteiger partial charge on any atom is 0.411 e. The van der Waals surface area contributed by atoms with Gasteiger partial charge in [0.15, 0.2) is 0 Å². The zero-order chi connectivity index (χ0) is 21.8. The van der Waals surface area contributed by atoms with Crippen molar-refractivity contribution in [2.45, 2.75) is 44.8 Å². The van der Waals surface area contributed by atoms with Gasteiger partial charge in [-0.3, -0.25) is 4.18 Å². The molecule has 0 aliphatic carbocycles. The summed E-state index contributed by atoms with van der Waals surface area (Å²) in [4.78, 5) is 14.8. The average molecular weight is 432 g/mol. The van der Waals surface area contributed by atoms with E-state index in [1.807, 2.05) is 68.4 Å². The van der Waals surface area contributed by atoms with Crippen LogP contribution in [-0.4, -0.2) is 38.8 Å². The van der Waals surface area contributed by atoms with Gasteiger partial charge in [0.25, 0.3) is 10.1 Å². The van der Waals surface area contributed by atoms with E-state index in [1.54, 1.807) is 4.90 Å². The summed E-state index contributed by atoms with van der Waals surface area (Å²) in [6.45, 7) is 4.65. The summed E-state index contributed by atoms with van der Waals surface area (Å²) in [6.07, 6.45) is 2.25. The van der Waals surface area contributed by atoms with Crippen LogP contribution in [0.5, 0.6) is 0 Å². The van der Waals surface area contributed by atoms with E-state index >= 15 is 0 Å². The third kappa shape index (κ3) is 5.40. The van der Waals surface area contributed by atoms with E-state index in [0.29, 0.717) is 25.8 Å². The molecule has 1 saturated heterocycles. The molecule has 3 rings (SSSR count). The average Bonchev–Trinajstić information content (AvgIpc) is 2.71. The molecule has 0 aromatic heterocycles. The fraction of sp³-hybridized carbons (Fsp3) is 0.435. The highest BCUT2D eigenvalue weighted by Gasteiger charge is 2.43. The zero-order valence-electron chi connectivity index (χ0n) is 17.7. The molecule has 30 heavy (non-hydrogen) atoms. The Balaban J connectivity index is 1.75. The summed E-state index contributed by atoms with van der Waals surface area (Å²) < 4.78 is 33.4. The van der Waals surface area contributed by atoms with Gasteiger partial charge in [0, 0.05) is 13.0 Å². The third-order valence-electron chi connectivity index (χ3n) is 5.62. The molecule has 162 valence electrons. The van der Waals surface area contributed by atoms with E-state index in [-0.39, 0.29) is 18.7 Å². The first-order valence-corrected chi connectivity index (χ1v) is 12.0. The van der Waals surface area contributed by atoms with E-state index in [1.165, 1.54) is 5.56 Å². The van der Waals surface area contributed by atoms with Crippen LogP contribution in [0.15, 0.2) is 54.6 Å². The van der Waals surface area contributed by atoms with Crippen LogP contribution in [0.3, 0.4) is 0 Å². The van der Waals surface area contributed by atoms with Gasteiger partial charge in [-0.2, -0.15) is 8.42 Å². The first-order chi connectivity index (χ1) is 14.2. The summed E-state index contributed by atoms with van der Waals surface area (Å²) in [5.41, 5.74) is 2.36. The number of carbonyl (C=O) groups excluding carboxylic acids is 1. The summed E-state index contributed by atoms with van der Waals surface area (Å²) in [7, 11) is -3.49. The zero-order valence-corrected chi connectivity index (χ0v) is 18.5. The van der Waals surface area contributed by atoms with Crippen molar-refractivity contribution >= 4 is 16.2 Å². The van der Waals surface area contributed by atoms with Crippen LogP contribution in [0.25, 0.3) is 0 Å². The van der Waals surface area contributed by atoms with Crippen molar-refractivity contribution in [3.8, 4) is 0 Å². The predicted molar refractivity (Wildman–Crippen MR) is 116 cm³/mol. The molecule has 1 heterocycles. The minimum absolute atomic E-state index is 0.0639. The molecule has 1 aliphatic rings. The summed E-state index contributed by atoms with van der Waals surface area (Å²) in [6, 6.07) is 17.7. The summed E-state index contributed by atoms with van der Waals surface area (Å²) >= 11 is 0. The van der Waals surface area contributed by atoms with E-state index in [9.17, 15) is 13.2 Å². The number of ether oxygens (including phenoxy) is 1. The number of rotatable bonds is 8. The monoisotopic (exact) mass is 431 g/mol. The number of hydrogen-bond donors (Lipinski definition) is 0. The largest absolute Gasteiger partial charge is 0.438 e. The van der Waals surface area contributed by atoms with Crippen molar-refractivity contribution in [2.24, 2.45) is 0 Å². The van der Waals surface area contributed by atoms with Gasteiger partial charge < -0.3 is 9.64 Å². The highest BCUT2D eigenvalue weighted by molar-refractivity contribution is 7.85. The van der Waals surface area contributed by atoms with E-state index < -0.39 is 15.7 Å². The standard InChI is InChI=1S/C23H29NO5S/c1-18-10-12-20(13-11-18)19(2)24-16-15-23(29-22(24)25,21-8-5-4-6-9-21)14-7-17-28-30(3,26)27/h4-6,8-13,19H,7,14-17H2,1-3H3. The van der Waals surface area contributed by atoms with Gasteiger partial charge in [-0.1, -0.05) is 60.2 Å². The molecular weight excluding hydrogens is 402 g/mol. The van der Waals surface area contributed by atoms with Crippen LogP contribution in [0.2, 0.25) is 0 Å². The third-order valence-corrected chi connectivity index (χ3v) is 6.22. The molecule has 1 amide bonds. The second kappa shape index (κ2) is 9.18. The SMILES string of the molecule is Cc1ccc(C(C)N2CCC(CCCOS(C)(=O)=O)(c3ccccc3)OC2=O)cc1. The first-order valence-electron chi connectivity index (χ1n) is 10.2. The van der Waals surface area contributed by atoms with Crippen molar-refractivity contribution < 1.29 is 22.1 Å². The molecule has 1 aliphatic heterocycles. The fourth-order valence-electron chi connectivity index (χ4n) is 3.88. The van der Waals surface area contributed by atoms with E-state index in [4.69, 9.17) is 8.92 Å². The van der Waals surface area contributed by atoms with Crippen LogP contribution < -0.4 is 0 Å². The number of nitrogens with zero attached hydrogens (tertiary/aromatic N) is 1. The molecule has 2 aromatic carbocycles.